The first-order valence-electron chi connectivity index (χ1n) is 7.34. The van der Waals surface area contributed by atoms with Crippen molar-refractivity contribution in [2.24, 2.45) is 5.73 Å². The first-order chi connectivity index (χ1) is 10.0. The number of nitrogens with two attached hydrogens (primary N) is 1. The van der Waals surface area contributed by atoms with Crippen LogP contribution in [0.2, 0.25) is 0 Å². The highest BCUT2D eigenvalue weighted by molar-refractivity contribution is 6.06. The first-order valence-corrected chi connectivity index (χ1v) is 7.34. The highest BCUT2D eigenvalue weighted by Crippen LogP contribution is 2.24. The minimum atomic E-state index is -0.573. The summed E-state index contributed by atoms with van der Waals surface area (Å²) in [6.45, 7) is 0. The van der Waals surface area contributed by atoms with Crippen LogP contribution < -0.4 is 11.1 Å². The number of rotatable bonds is 3. The molecule has 2 aliphatic carbocycles. The van der Waals surface area contributed by atoms with Crippen LogP contribution in [0.1, 0.15) is 44.9 Å². The fraction of sp³-hybridized carbons (Fsp3) is 0.533. The summed E-state index contributed by atoms with van der Waals surface area (Å²) < 4.78 is 0. The number of allylic oxidation sites excluding steroid dienone is 2. The maximum absolute atomic E-state index is 12.2. The Morgan fingerprint density at radius 3 is 2.67 bits per heavy atom. The van der Waals surface area contributed by atoms with Crippen LogP contribution in [-0.4, -0.2) is 29.0 Å². The van der Waals surface area contributed by atoms with Crippen molar-refractivity contribution in [2.45, 2.75) is 51.0 Å². The van der Waals surface area contributed by atoms with Crippen molar-refractivity contribution >= 4 is 17.8 Å². The summed E-state index contributed by atoms with van der Waals surface area (Å²) in [7, 11) is 0. The molecular weight excluding hydrogens is 268 g/mol. The smallest absolute Gasteiger partial charge is 0.286 e. The molecule has 6 N–H and O–H groups in total. The molecule has 1 unspecified atom stereocenters. The lowest BCUT2D eigenvalue weighted by Gasteiger charge is -2.26. The third-order valence-corrected chi connectivity index (χ3v) is 4.11. The van der Waals surface area contributed by atoms with Gasteiger partial charge in [-0.25, -0.2) is 0 Å². The van der Waals surface area contributed by atoms with Crippen molar-refractivity contribution in [3.63, 3.8) is 0 Å². The minimum absolute atomic E-state index is 0.329. The average Bonchev–Trinajstić information content (AvgIpc) is 2.47. The lowest BCUT2D eigenvalue weighted by molar-refractivity contribution is -0.120. The van der Waals surface area contributed by atoms with Crippen LogP contribution >= 0.6 is 0 Å². The Balaban J connectivity index is 2.14. The van der Waals surface area contributed by atoms with E-state index in [1.165, 1.54) is 6.21 Å². The molecule has 2 aliphatic rings. The molecule has 0 radical (unpaired) electrons. The Morgan fingerprint density at radius 2 is 2.00 bits per heavy atom. The molecule has 0 aromatic carbocycles. The lowest BCUT2D eigenvalue weighted by Crippen LogP contribution is -2.40. The monoisotopic (exact) mass is 290 g/mol. The number of nitrogens with one attached hydrogen (secondary N) is 3. The second-order valence-electron chi connectivity index (χ2n) is 5.56. The van der Waals surface area contributed by atoms with Gasteiger partial charge >= 0.3 is 0 Å². The number of hydrogen-bond acceptors (Lipinski definition) is 5. The molecule has 114 valence electrons. The number of hydrogen-bond donors (Lipinski definition) is 5. The molecule has 0 bridgehead atoms. The van der Waals surface area contributed by atoms with Gasteiger partial charge in [0.25, 0.3) is 5.91 Å². The predicted octanol–water partition coefficient (Wildman–Crippen LogP) is 1.92. The van der Waals surface area contributed by atoms with E-state index in [9.17, 15) is 9.90 Å². The van der Waals surface area contributed by atoms with Crippen molar-refractivity contribution < 1.29 is 9.90 Å². The standard InChI is InChI=1S/C15H22N4O2/c16-8-10-12(18)6-3-7-13(10)19-15(21)14(20)9-4-1-2-5-11(9)17/h8,13,16-17,20H,1-7,18H2,(H,19,21)/b14-9-,16-8?,17-11?. The second kappa shape index (κ2) is 6.56. The van der Waals surface area contributed by atoms with Crippen LogP contribution in [0.4, 0.5) is 0 Å². The second-order valence-corrected chi connectivity index (χ2v) is 5.56. The summed E-state index contributed by atoms with van der Waals surface area (Å²) in [5.74, 6) is -0.927. The summed E-state index contributed by atoms with van der Waals surface area (Å²) in [6, 6.07) is -0.329. The van der Waals surface area contributed by atoms with Crippen molar-refractivity contribution in [3.8, 4) is 0 Å². The van der Waals surface area contributed by atoms with E-state index in [0.29, 0.717) is 41.8 Å². The summed E-state index contributed by atoms with van der Waals surface area (Å²) in [6.07, 6.45) is 6.45. The normalized spacial score (nSPS) is 25.5. The molecule has 0 aromatic rings. The van der Waals surface area contributed by atoms with Crippen molar-refractivity contribution in [2.75, 3.05) is 0 Å². The van der Waals surface area contributed by atoms with Crippen molar-refractivity contribution in [1.29, 1.82) is 10.8 Å². The van der Waals surface area contributed by atoms with E-state index in [2.05, 4.69) is 5.32 Å². The van der Waals surface area contributed by atoms with Gasteiger partial charge in [0.1, 0.15) is 0 Å². The van der Waals surface area contributed by atoms with Crippen LogP contribution in [0.25, 0.3) is 0 Å². The minimum Gasteiger partial charge on any atom is -0.503 e. The van der Waals surface area contributed by atoms with E-state index >= 15 is 0 Å². The van der Waals surface area contributed by atoms with Gasteiger partial charge in [0.2, 0.25) is 0 Å². The third kappa shape index (κ3) is 3.32. The zero-order valence-corrected chi connectivity index (χ0v) is 12.0. The molecule has 0 saturated heterocycles. The molecule has 1 amide bonds. The molecule has 2 rings (SSSR count). The number of carbonyl (C=O) groups excluding carboxylic acids is 1. The SMILES string of the molecule is N=CC1=C(N)CCCC1NC(=O)/C(O)=C1\CCCCC1=N. The molecule has 6 heteroatoms. The number of aliphatic hydroxyl groups excluding tert-OH is 1. The zero-order chi connectivity index (χ0) is 15.4. The van der Waals surface area contributed by atoms with Gasteiger partial charge in [-0.15, -0.1) is 0 Å². The predicted molar refractivity (Wildman–Crippen MR) is 81.6 cm³/mol. The van der Waals surface area contributed by atoms with Crippen LogP contribution in [0.5, 0.6) is 0 Å². The van der Waals surface area contributed by atoms with E-state index in [-0.39, 0.29) is 11.8 Å². The lowest BCUT2D eigenvalue weighted by atomic mass is 9.90. The number of carbonyl (C=O) groups is 1. The van der Waals surface area contributed by atoms with Gasteiger partial charge in [-0.1, -0.05) is 0 Å². The van der Waals surface area contributed by atoms with E-state index < -0.39 is 5.91 Å². The van der Waals surface area contributed by atoms with Crippen molar-refractivity contribution in [1.82, 2.24) is 5.32 Å². The maximum Gasteiger partial charge on any atom is 0.286 e. The van der Waals surface area contributed by atoms with Crippen molar-refractivity contribution in [3.05, 3.63) is 22.6 Å². The first kappa shape index (κ1) is 15.3. The Bertz CT molecular complexity index is 534. The number of amides is 1. The third-order valence-electron chi connectivity index (χ3n) is 4.11. The summed E-state index contributed by atoms with van der Waals surface area (Å²) in [5.41, 5.74) is 7.90. The van der Waals surface area contributed by atoms with E-state index in [1.54, 1.807) is 0 Å². The highest BCUT2D eigenvalue weighted by atomic mass is 16.3. The molecule has 1 fully saturated rings. The molecule has 0 heterocycles. The summed E-state index contributed by atoms with van der Waals surface area (Å²) >= 11 is 0. The quantitative estimate of drug-likeness (QED) is 0.310. The van der Waals surface area contributed by atoms with E-state index in [0.717, 1.165) is 25.7 Å². The Morgan fingerprint density at radius 1 is 1.29 bits per heavy atom. The maximum atomic E-state index is 12.2. The molecule has 6 nitrogen and oxygen atoms in total. The van der Waals surface area contributed by atoms with E-state index in [4.69, 9.17) is 16.6 Å². The van der Waals surface area contributed by atoms with Gasteiger partial charge in [0.05, 0.1) is 6.04 Å². The molecule has 0 aliphatic heterocycles. The van der Waals surface area contributed by atoms with Crippen LogP contribution in [0, 0.1) is 10.8 Å². The number of aliphatic hydroxyl groups is 1. The van der Waals surface area contributed by atoms with Gasteiger partial charge in [0, 0.05) is 28.8 Å². The van der Waals surface area contributed by atoms with Gasteiger partial charge in [-0.05, 0) is 44.9 Å². The fourth-order valence-corrected chi connectivity index (χ4v) is 2.89. The Kier molecular flexibility index (Phi) is 4.77. The topological polar surface area (TPSA) is 123 Å². The van der Waals surface area contributed by atoms with E-state index in [1.807, 2.05) is 0 Å². The van der Waals surface area contributed by atoms with Gasteiger partial charge in [0.15, 0.2) is 5.76 Å². The van der Waals surface area contributed by atoms with Gasteiger partial charge < -0.3 is 27.0 Å². The molecule has 0 spiro atoms. The summed E-state index contributed by atoms with van der Waals surface area (Å²) in [5, 5.41) is 28.1. The van der Waals surface area contributed by atoms with Gasteiger partial charge in [-0.3, -0.25) is 4.79 Å². The summed E-state index contributed by atoms with van der Waals surface area (Å²) in [4.78, 5) is 12.2. The molecule has 21 heavy (non-hydrogen) atoms. The Labute approximate surface area is 124 Å². The fourth-order valence-electron chi connectivity index (χ4n) is 2.89. The zero-order valence-electron chi connectivity index (χ0n) is 12.0. The average molecular weight is 290 g/mol. The van der Waals surface area contributed by atoms with Crippen LogP contribution in [-0.2, 0) is 4.79 Å². The Hall–Kier alpha value is -2.11. The largest absolute Gasteiger partial charge is 0.503 e. The molecule has 0 aromatic heterocycles. The van der Waals surface area contributed by atoms with Gasteiger partial charge in [-0.2, -0.15) is 0 Å². The van der Waals surface area contributed by atoms with Crippen LogP contribution in [0.15, 0.2) is 22.6 Å². The van der Waals surface area contributed by atoms with Crippen LogP contribution in [0.3, 0.4) is 0 Å². The molecule has 1 atom stereocenters. The molecular formula is C15H22N4O2. The highest BCUT2D eigenvalue weighted by Gasteiger charge is 2.26. The molecule has 1 saturated carbocycles.